The number of nitrogens with zero attached hydrogens (tertiary/aromatic N) is 2. The average molecular weight is 369 g/mol. The van der Waals surface area contributed by atoms with Crippen molar-refractivity contribution in [2.45, 2.75) is 38.1 Å². The van der Waals surface area contributed by atoms with Crippen molar-refractivity contribution in [1.29, 1.82) is 0 Å². The Hall–Kier alpha value is -2.63. The van der Waals surface area contributed by atoms with Crippen molar-refractivity contribution in [1.82, 2.24) is 14.8 Å². The number of rotatable bonds is 4. The van der Waals surface area contributed by atoms with Crippen LogP contribution in [0.15, 0.2) is 42.7 Å². The van der Waals surface area contributed by atoms with Crippen LogP contribution in [0.4, 0.5) is 4.39 Å². The smallest absolute Gasteiger partial charge is 0.251 e. The Kier molecular flexibility index (Phi) is 4.97. The van der Waals surface area contributed by atoms with Crippen LogP contribution >= 0.6 is 0 Å². The number of carbonyl (C=O) groups is 2. The van der Waals surface area contributed by atoms with E-state index in [0.717, 1.165) is 32.1 Å². The Morgan fingerprint density at radius 2 is 1.81 bits per heavy atom. The van der Waals surface area contributed by atoms with Crippen LogP contribution in [0.25, 0.3) is 5.69 Å². The fourth-order valence-electron chi connectivity index (χ4n) is 4.13. The fraction of sp³-hybridized carbons (Fsp3) is 0.429. The first-order chi connectivity index (χ1) is 13.1. The third-order valence-electron chi connectivity index (χ3n) is 5.63. The first kappa shape index (κ1) is 17.8. The number of halogens is 1. The van der Waals surface area contributed by atoms with Crippen molar-refractivity contribution in [2.24, 2.45) is 5.92 Å². The molecule has 1 N–H and O–H groups in total. The van der Waals surface area contributed by atoms with Gasteiger partial charge < -0.3 is 14.8 Å². The molecule has 6 heteroatoms. The largest absolute Gasteiger partial charge is 0.347 e. The number of hydrogen-bond donors (Lipinski definition) is 1. The molecule has 2 aromatic rings. The lowest BCUT2D eigenvalue weighted by molar-refractivity contribution is -0.134. The van der Waals surface area contributed by atoms with Crippen LogP contribution < -0.4 is 5.32 Å². The van der Waals surface area contributed by atoms with E-state index in [2.05, 4.69) is 5.32 Å². The van der Waals surface area contributed by atoms with Gasteiger partial charge in [-0.1, -0.05) is 12.8 Å². The zero-order valence-electron chi connectivity index (χ0n) is 15.2. The van der Waals surface area contributed by atoms with Crippen LogP contribution in [0, 0.1) is 11.7 Å². The predicted octanol–water partition coefficient (Wildman–Crippen LogP) is 3.14. The van der Waals surface area contributed by atoms with Crippen molar-refractivity contribution in [3.8, 4) is 5.69 Å². The number of aromatic nitrogens is 1. The Morgan fingerprint density at radius 1 is 1.07 bits per heavy atom. The molecular formula is C21H24FN3O2. The highest BCUT2D eigenvalue weighted by atomic mass is 19.1. The monoisotopic (exact) mass is 369 g/mol. The molecule has 2 amide bonds. The van der Waals surface area contributed by atoms with Gasteiger partial charge in [-0.25, -0.2) is 4.39 Å². The molecule has 2 heterocycles. The molecule has 0 radical (unpaired) electrons. The van der Waals surface area contributed by atoms with Crippen LogP contribution in [-0.2, 0) is 4.79 Å². The molecule has 4 rings (SSSR count). The SMILES string of the molecule is O=C(NC1CCN(C(=O)C2CCCC2)C1)c1ccc(-n2cccc2)c(F)c1. The summed E-state index contributed by atoms with van der Waals surface area (Å²) < 4.78 is 16.0. The molecular weight excluding hydrogens is 345 g/mol. The lowest BCUT2D eigenvalue weighted by Crippen LogP contribution is -2.39. The van der Waals surface area contributed by atoms with Gasteiger partial charge in [-0.05, 0) is 49.6 Å². The lowest BCUT2D eigenvalue weighted by Gasteiger charge is -2.20. The van der Waals surface area contributed by atoms with Gasteiger partial charge in [-0.3, -0.25) is 9.59 Å². The number of hydrogen-bond acceptors (Lipinski definition) is 2. The second-order valence-corrected chi connectivity index (χ2v) is 7.48. The number of amides is 2. The lowest BCUT2D eigenvalue weighted by atomic mass is 10.1. The summed E-state index contributed by atoms with van der Waals surface area (Å²) in [6.45, 7) is 1.23. The molecule has 27 heavy (non-hydrogen) atoms. The van der Waals surface area contributed by atoms with Gasteiger partial charge in [0.1, 0.15) is 5.82 Å². The van der Waals surface area contributed by atoms with E-state index >= 15 is 0 Å². The van der Waals surface area contributed by atoms with E-state index in [1.807, 2.05) is 17.0 Å². The van der Waals surface area contributed by atoms with Crippen molar-refractivity contribution in [3.05, 3.63) is 54.1 Å². The van der Waals surface area contributed by atoms with E-state index in [0.29, 0.717) is 24.3 Å². The Bertz CT molecular complexity index is 828. The van der Waals surface area contributed by atoms with Gasteiger partial charge in [-0.15, -0.1) is 0 Å². The first-order valence-electron chi connectivity index (χ1n) is 9.64. The zero-order chi connectivity index (χ0) is 18.8. The first-order valence-corrected chi connectivity index (χ1v) is 9.64. The zero-order valence-corrected chi connectivity index (χ0v) is 15.2. The summed E-state index contributed by atoms with van der Waals surface area (Å²) in [6, 6.07) is 8.06. The quantitative estimate of drug-likeness (QED) is 0.900. The minimum Gasteiger partial charge on any atom is -0.347 e. The minimum absolute atomic E-state index is 0.0740. The maximum absolute atomic E-state index is 14.4. The maximum Gasteiger partial charge on any atom is 0.251 e. The standard InChI is InChI=1S/C21H24FN3O2/c22-18-13-16(7-8-19(18)24-10-3-4-11-24)20(26)23-17-9-12-25(14-17)21(27)15-5-1-2-6-15/h3-4,7-8,10-11,13,15,17H,1-2,5-6,9,12,14H2,(H,23,26). The average Bonchev–Trinajstić information content (AvgIpc) is 3.42. The molecule has 1 aliphatic heterocycles. The molecule has 2 fully saturated rings. The third kappa shape index (κ3) is 3.75. The van der Waals surface area contributed by atoms with Crippen molar-refractivity contribution in [3.63, 3.8) is 0 Å². The Balaban J connectivity index is 1.37. The van der Waals surface area contributed by atoms with Crippen molar-refractivity contribution in [2.75, 3.05) is 13.1 Å². The normalized spacial score (nSPS) is 20.2. The topological polar surface area (TPSA) is 54.3 Å². The minimum atomic E-state index is -0.441. The Morgan fingerprint density at radius 3 is 2.52 bits per heavy atom. The number of nitrogens with one attached hydrogen (secondary N) is 1. The highest BCUT2D eigenvalue weighted by molar-refractivity contribution is 5.94. The number of carbonyl (C=O) groups excluding carboxylic acids is 2. The van der Waals surface area contributed by atoms with Crippen LogP contribution in [0.5, 0.6) is 0 Å². The molecule has 2 aliphatic rings. The van der Waals surface area contributed by atoms with Gasteiger partial charge in [0.15, 0.2) is 0 Å². The van der Waals surface area contributed by atoms with Gasteiger partial charge in [0, 0.05) is 43.0 Å². The molecule has 5 nitrogen and oxygen atoms in total. The van der Waals surface area contributed by atoms with Gasteiger partial charge in [0.2, 0.25) is 5.91 Å². The third-order valence-corrected chi connectivity index (χ3v) is 5.63. The summed E-state index contributed by atoms with van der Waals surface area (Å²) in [7, 11) is 0. The molecule has 1 atom stereocenters. The molecule has 1 aromatic carbocycles. The number of benzene rings is 1. The van der Waals surface area contributed by atoms with E-state index in [4.69, 9.17) is 0 Å². The molecule has 1 aliphatic carbocycles. The molecule has 0 spiro atoms. The van der Waals surface area contributed by atoms with Crippen LogP contribution in [0.1, 0.15) is 42.5 Å². The van der Waals surface area contributed by atoms with Gasteiger partial charge in [0.05, 0.1) is 5.69 Å². The van der Waals surface area contributed by atoms with Crippen molar-refractivity contribution >= 4 is 11.8 Å². The molecule has 1 unspecified atom stereocenters. The second kappa shape index (κ2) is 7.55. The summed E-state index contributed by atoms with van der Waals surface area (Å²) in [4.78, 5) is 26.9. The summed E-state index contributed by atoms with van der Waals surface area (Å²) in [5.41, 5.74) is 0.703. The molecule has 1 aromatic heterocycles. The summed E-state index contributed by atoms with van der Waals surface area (Å²) in [5, 5.41) is 2.95. The molecule has 1 saturated heterocycles. The van der Waals surface area contributed by atoms with E-state index in [1.165, 1.54) is 6.07 Å². The van der Waals surface area contributed by atoms with Crippen molar-refractivity contribution < 1.29 is 14.0 Å². The summed E-state index contributed by atoms with van der Waals surface area (Å²) in [5.74, 6) is -0.349. The highest BCUT2D eigenvalue weighted by Gasteiger charge is 2.32. The summed E-state index contributed by atoms with van der Waals surface area (Å²) in [6.07, 6.45) is 8.50. The highest BCUT2D eigenvalue weighted by Crippen LogP contribution is 2.28. The molecule has 142 valence electrons. The van der Waals surface area contributed by atoms with Crippen LogP contribution in [0.3, 0.4) is 0 Å². The fourth-order valence-corrected chi connectivity index (χ4v) is 4.13. The molecule has 1 saturated carbocycles. The van der Waals surface area contributed by atoms with Gasteiger partial charge >= 0.3 is 0 Å². The van der Waals surface area contributed by atoms with E-state index in [9.17, 15) is 14.0 Å². The Labute approximate surface area is 158 Å². The maximum atomic E-state index is 14.4. The summed E-state index contributed by atoms with van der Waals surface area (Å²) >= 11 is 0. The van der Waals surface area contributed by atoms with Gasteiger partial charge in [-0.2, -0.15) is 0 Å². The van der Waals surface area contributed by atoms with Crippen LogP contribution in [0.2, 0.25) is 0 Å². The predicted molar refractivity (Wildman–Crippen MR) is 100 cm³/mol. The number of likely N-dealkylation sites (tertiary alicyclic amines) is 1. The molecule has 0 bridgehead atoms. The van der Waals surface area contributed by atoms with Crippen LogP contribution in [-0.4, -0.2) is 40.4 Å². The van der Waals surface area contributed by atoms with Gasteiger partial charge in [0.25, 0.3) is 5.91 Å². The van der Waals surface area contributed by atoms with E-state index in [1.54, 1.807) is 29.1 Å². The van der Waals surface area contributed by atoms with E-state index in [-0.39, 0.29) is 23.8 Å². The van der Waals surface area contributed by atoms with E-state index < -0.39 is 5.82 Å². The second-order valence-electron chi connectivity index (χ2n) is 7.48.